The molecule has 3 heterocycles. The second-order valence-corrected chi connectivity index (χ2v) is 13.3. The fourth-order valence-corrected chi connectivity index (χ4v) is 11.0. The van der Waals surface area contributed by atoms with Crippen LogP contribution in [0.1, 0.15) is 33.3 Å². The summed E-state index contributed by atoms with van der Waals surface area (Å²) >= 11 is 2.03. The van der Waals surface area contributed by atoms with E-state index in [-0.39, 0.29) is 26.2 Å². The normalized spacial score (nSPS) is 19.3. The van der Waals surface area contributed by atoms with Gasteiger partial charge in [0.05, 0.1) is 8.07 Å². The Bertz CT molecular complexity index is 909. The molecular formula is C21H23SSiZr-. The SMILES string of the molecule is CC1=C2c3cc(C)sc3C1[Si]2(C)C.Cc1cc2ccccc2[cH-]1.[Zr]. The van der Waals surface area contributed by atoms with Crippen molar-refractivity contribution in [3.05, 3.63) is 68.9 Å². The number of hydrogen-bond donors (Lipinski definition) is 0. The molecule has 1 atom stereocenters. The molecule has 6 rings (SSSR count). The largest absolute Gasteiger partial charge is 0.165 e. The molecule has 1 aliphatic carbocycles. The Morgan fingerprint density at radius 2 is 1.75 bits per heavy atom. The summed E-state index contributed by atoms with van der Waals surface area (Å²) in [7, 11) is -0.995. The molecule has 3 aromatic rings. The predicted molar refractivity (Wildman–Crippen MR) is 106 cm³/mol. The molecule has 3 aliphatic rings. The first-order valence-corrected chi connectivity index (χ1v) is 12.2. The van der Waals surface area contributed by atoms with Gasteiger partial charge in [-0.25, -0.2) is 0 Å². The molecule has 0 N–H and O–H groups in total. The van der Waals surface area contributed by atoms with Crippen molar-refractivity contribution in [3.8, 4) is 0 Å². The average Bonchev–Trinajstić information content (AvgIpc) is 3.12. The summed E-state index contributed by atoms with van der Waals surface area (Å²) in [6.45, 7) is 11.7. The first-order chi connectivity index (χ1) is 10.9. The van der Waals surface area contributed by atoms with E-state index in [1.54, 1.807) is 21.2 Å². The average molecular weight is 427 g/mol. The Labute approximate surface area is 169 Å². The van der Waals surface area contributed by atoms with E-state index >= 15 is 0 Å². The van der Waals surface area contributed by atoms with Crippen LogP contribution in [0.4, 0.5) is 0 Å². The minimum atomic E-state index is -0.995. The van der Waals surface area contributed by atoms with Crippen LogP contribution in [0.15, 0.2) is 48.0 Å². The zero-order chi connectivity index (χ0) is 16.4. The summed E-state index contributed by atoms with van der Waals surface area (Å²) in [5.41, 5.74) is 5.55. The van der Waals surface area contributed by atoms with Crippen molar-refractivity contribution in [1.82, 2.24) is 0 Å². The van der Waals surface area contributed by atoms with Gasteiger partial charge >= 0.3 is 0 Å². The Kier molecular flexibility index (Phi) is 4.75. The number of thiophene rings is 1. The van der Waals surface area contributed by atoms with Gasteiger partial charge in [0.2, 0.25) is 0 Å². The van der Waals surface area contributed by atoms with Gasteiger partial charge in [-0.2, -0.15) is 6.07 Å². The Hall–Kier alpha value is -0.630. The van der Waals surface area contributed by atoms with Crippen LogP contribution in [-0.4, -0.2) is 8.07 Å². The Balaban J connectivity index is 0.000000140. The third-order valence-electron chi connectivity index (χ3n) is 5.37. The summed E-state index contributed by atoms with van der Waals surface area (Å²) in [6.07, 6.45) is 0. The third kappa shape index (κ3) is 2.60. The van der Waals surface area contributed by atoms with Gasteiger partial charge in [-0.1, -0.05) is 36.9 Å². The molecule has 122 valence electrons. The van der Waals surface area contributed by atoms with Gasteiger partial charge in [0.15, 0.2) is 0 Å². The second kappa shape index (κ2) is 6.27. The van der Waals surface area contributed by atoms with Crippen LogP contribution >= 0.6 is 11.3 Å². The van der Waals surface area contributed by atoms with E-state index in [1.165, 1.54) is 21.2 Å². The summed E-state index contributed by atoms with van der Waals surface area (Å²) in [5.74, 6) is 0. The van der Waals surface area contributed by atoms with Crippen molar-refractivity contribution in [2.24, 2.45) is 0 Å². The summed E-state index contributed by atoms with van der Waals surface area (Å²) in [4.78, 5) is 3.19. The number of rotatable bonds is 0. The van der Waals surface area contributed by atoms with Crippen molar-refractivity contribution in [2.75, 3.05) is 0 Å². The molecule has 0 radical (unpaired) electrons. The molecule has 2 aromatic carbocycles. The zero-order valence-electron chi connectivity index (χ0n) is 15.0. The third-order valence-corrected chi connectivity index (χ3v) is 10.8. The molecule has 2 aliphatic heterocycles. The van der Waals surface area contributed by atoms with Gasteiger partial charge in [-0.15, -0.1) is 51.9 Å². The fourth-order valence-electron chi connectivity index (χ4n) is 4.59. The number of benzene rings is 1. The van der Waals surface area contributed by atoms with Crippen LogP contribution in [0.5, 0.6) is 0 Å². The first kappa shape index (κ1) is 18.2. The second-order valence-electron chi connectivity index (χ2n) is 7.51. The van der Waals surface area contributed by atoms with Gasteiger partial charge in [-0.05, 0) is 25.5 Å². The number of allylic oxidation sites excluding steroid dienone is 1. The van der Waals surface area contributed by atoms with E-state index in [0.29, 0.717) is 0 Å². The maximum absolute atomic E-state index is 2.52. The van der Waals surface area contributed by atoms with Crippen LogP contribution in [0.2, 0.25) is 13.1 Å². The maximum Gasteiger partial charge on any atom is 0.0941 e. The molecule has 2 bridgehead atoms. The molecule has 3 heteroatoms. The van der Waals surface area contributed by atoms with Crippen LogP contribution in [0.25, 0.3) is 16.0 Å². The Morgan fingerprint density at radius 3 is 2.38 bits per heavy atom. The number of hydrogen-bond acceptors (Lipinski definition) is 1. The molecule has 0 saturated heterocycles. The van der Waals surface area contributed by atoms with E-state index in [9.17, 15) is 0 Å². The minimum Gasteiger partial charge on any atom is -0.165 e. The molecule has 1 unspecified atom stereocenters. The number of aryl methyl sites for hydroxylation is 2. The molecule has 1 aromatic heterocycles. The molecule has 0 spiro atoms. The van der Waals surface area contributed by atoms with Gasteiger partial charge in [-0.3, -0.25) is 0 Å². The number of fused-ring (bicyclic) bond motifs is 1. The zero-order valence-corrected chi connectivity index (χ0v) is 19.3. The van der Waals surface area contributed by atoms with Crippen molar-refractivity contribution in [2.45, 2.75) is 39.4 Å². The van der Waals surface area contributed by atoms with E-state index in [2.05, 4.69) is 76.3 Å². The van der Waals surface area contributed by atoms with Crippen LogP contribution in [0, 0.1) is 13.8 Å². The molecule has 0 saturated carbocycles. The molecular weight excluding hydrogens is 404 g/mol. The maximum atomic E-state index is 2.52. The summed E-state index contributed by atoms with van der Waals surface area (Å²) < 4.78 is 0. The van der Waals surface area contributed by atoms with Crippen molar-refractivity contribution in [3.63, 3.8) is 0 Å². The monoisotopic (exact) mass is 425 g/mol. The van der Waals surface area contributed by atoms with Crippen LogP contribution in [-0.2, 0) is 26.2 Å². The first-order valence-electron chi connectivity index (χ1n) is 8.33. The van der Waals surface area contributed by atoms with Crippen LogP contribution in [0.3, 0.4) is 0 Å². The smallest absolute Gasteiger partial charge is 0.0941 e. The molecule has 0 fully saturated rings. The molecule has 24 heavy (non-hydrogen) atoms. The van der Waals surface area contributed by atoms with E-state index in [1.807, 2.05) is 11.3 Å². The van der Waals surface area contributed by atoms with Crippen molar-refractivity contribution < 1.29 is 26.2 Å². The summed E-state index contributed by atoms with van der Waals surface area (Å²) in [6, 6.07) is 15.2. The van der Waals surface area contributed by atoms with Crippen molar-refractivity contribution in [1.29, 1.82) is 0 Å². The Morgan fingerprint density at radius 1 is 1.04 bits per heavy atom. The standard InChI is InChI=1S/C11H14SSi.C10H9.Zr/c1-6-5-8-9(12-6)11-7(2)10(8)13(11,3)4;1-8-6-9-4-2-3-5-10(9)7-8;/h5,11H,1-4H3;2-7H,1H3;/q;-1;. The van der Waals surface area contributed by atoms with E-state index in [4.69, 9.17) is 0 Å². The summed E-state index contributed by atoms with van der Waals surface area (Å²) in [5, 5.41) is 4.47. The van der Waals surface area contributed by atoms with Crippen LogP contribution < -0.4 is 0 Å². The quantitative estimate of drug-likeness (QED) is 0.281. The van der Waals surface area contributed by atoms with E-state index in [0.717, 1.165) is 5.54 Å². The van der Waals surface area contributed by atoms with Gasteiger partial charge in [0, 0.05) is 41.5 Å². The van der Waals surface area contributed by atoms with Gasteiger partial charge in [0.1, 0.15) is 0 Å². The van der Waals surface area contributed by atoms with Crippen molar-refractivity contribution >= 4 is 35.4 Å². The molecule has 0 nitrogen and oxygen atoms in total. The van der Waals surface area contributed by atoms with Gasteiger partial charge < -0.3 is 0 Å². The van der Waals surface area contributed by atoms with E-state index < -0.39 is 8.07 Å². The molecule has 0 amide bonds. The topological polar surface area (TPSA) is 0 Å². The minimum absolute atomic E-state index is 0. The predicted octanol–water partition coefficient (Wildman–Crippen LogP) is 6.59. The van der Waals surface area contributed by atoms with Gasteiger partial charge in [0.25, 0.3) is 0 Å². The fraction of sp³-hybridized carbons (Fsp3) is 0.286.